The van der Waals surface area contributed by atoms with Gasteiger partial charge in [0.1, 0.15) is 0 Å². The number of nitrogens with zero attached hydrogens (tertiary/aromatic N) is 2. The number of anilines is 1. The van der Waals surface area contributed by atoms with Gasteiger partial charge in [0.05, 0.1) is 12.6 Å². The molecular weight excluding hydrogens is 254 g/mol. The molecule has 3 nitrogen and oxygen atoms in total. The minimum atomic E-state index is 0.237. The highest BCUT2D eigenvalue weighted by Crippen LogP contribution is 2.34. The zero-order valence-corrected chi connectivity index (χ0v) is 11.9. The largest absolute Gasteiger partial charge is 0.369 e. The summed E-state index contributed by atoms with van der Waals surface area (Å²) in [5.41, 5.74) is 8.43. The molecule has 3 rings (SSSR count). The van der Waals surface area contributed by atoms with E-state index in [2.05, 4.69) is 60.1 Å². The molecule has 0 radical (unpaired) electrons. The van der Waals surface area contributed by atoms with Crippen molar-refractivity contribution in [3.63, 3.8) is 0 Å². The molecular formula is C15H17N3S. The van der Waals surface area contributed by atoms with Crippen LogP contribution in [-0.2, 0) is 0 Å². The summed E-state index contributed by atoms with van der Waals surface area (Å²) in [6.45, 7) is 4.96. The summed E-state index contributed by atoms with van der Waals surface area (Å²) in [6, 6.07) is 13.0. The molecule has 1 unspecified atom stereocenters. The Morgan fingerprint density at radius 1 is 1.26 bits per heavy atom. The van der Waals surface area contributed by atoms with Crippen LogP contribution < -0.4 is 10.6 Å². The van der Waals surface area contributed by atoms with Gasteiger partial charge in [-0.05, 0) is 43.7 Å². The van der Waals surface area contributed by atoms with E-state index in [-0.39, 0.29) is 6.04 Å². The minimum absolute atomic E-state index is 0.237. The van der Waals surface area contributed by atoms with Crippen molar-refractivity contribution in [3.05, 3.63) is 51.7 Å². The molecule has 0 fully saturated rings. The molecule has 4 heteroatoms. The monoisotopic (exact) mass is 271 g/mol. The fourth-order valence-electron chi connectivity index (χ4n) is 2.44. The van der Waals surface area contributed by atoms with Crippen molar-refractivity contribution in [3.8, 4) is 0 Å². The molecule has 1 aromatic carbocycles. The molecule has 1 aliphatic rings. The maximum Gasteiger partial charge on any atom is 0.196 e. The molecule has 0 aliphatic carbocycles. The third-order valence-electron chi connectivity index (χ3n) is 3.35. The standard InChI is InChI=1S/C15H17N3S/c1-10-4-3-5-12(8-10)18-13(9-17-15(18)16)14-7-6-11(2)19-14/h3-8,13H,9H2,1-2H3,(H2,16,17). The smallest absolute Gasteiger partial charge is 0.196 e. The van der Waals surface area contributed by atoms with Crippen molar-refractivity contribution in [1.82, 2.24) is 0 Å². The van der Waals surface area contributed by atoms with Crippen molar-refractivity contribution in [1.29, 1.82) is 0 Å². The zero-order valence-electron chi connectivity index (χ0n) is 11.1. The van der Waals surface area contributed by atoms with Gasteiger partial charge in [0, 0.05) is 15.4 Å². The van der Waals surface area contributed by atoms with Gasteiger partial charge in [0.25, 0.3) is 0 Å². The van der Waals surface area contributed by atoms with Crippen molar-refractivity contribution < 1.29 is 0 Å². The van der Waals surface area contributed by atoms with E-state index in [1.54, 1.807) is 0 Å². The number of hydrogen-bond acceptors (Lipinski definition) is 4. The molecule has 2 aromatic rings. The second-order valence-electron chi connectivity index (χ2n) is 4.87. The van der Waals surface area contributed by atoms with E-state index < -0.39 is 0 Å². The van der Waals surface area contributed by atoms with Crippen molar-refractivity contribution in [2.75, 3.05) is 11.4 Å². The lowest BCUT2D eigenvalue weighted by Gasteiger charge is -2.25. The van der Waals surface area contributed by atoms with Gasteiger partial charge in [0.15, 0.2) is 5.96 Å². The summed E-state index contributed by atoms with van der Waals surface area (Å²) in [4.78, 5) is 9.20. The molecule has 2 N–H and O–H groups in total. The topological polar surface area (TPSA) is 41.6 Å². The Kier molecular flexibility index (Phi) is 3.03. The maximum atomic E-state index is 6.08. The SMILES string of the molecule is Cc1cccc(N2C(N)=NCC2c2ccc(C)s2)c1. The molecule has 0 amide bonds. The lowest BCUT2D eigenvalue weighted by atomic mass is 10.1. The number of thiophene rings is 1. The van der Waals surface area contributed by atoms with Gasteiger partial charge in [-0.2, -0.15) is 0 Å². The van der Waals surface area contributed by atoms with Crippen LogP contribution in [0.4, 0.5) is 5.69 Å². The Bertz CT molecular complexity index is 630. The number of guanidine groups is 1. The second-order valence-corrected chi connectivity index (χ2v) is 6.19. The molecule has 0 saturated carbocycles. The predicted molar refractivity (Wildman–Crippen MR) is 81.9 cm³/mol. The van der Waals surface area contributed by atoms with Crippen molar-refractivity contribution >= 4 is 23.0 Å². The molecule has 1 aromatic heterocycles. The highest BCUT2D eigenvalue weighted by atomic mass is 32.1. The van der Waals surface area contributed by atoms with Gasteiger partial charge < -0.3 is 10.6 Å². The van der Waals surface area contributed by atoms with E-state index in [4.69, 9.17) is 5.73 Å². The Morgan fingerprint density at radius 3 is 2.79 bits per heavy atom. The van der Waals surface area contributed by atoms with Crippen molar-refractivity contribution in [2.45, 2.75) is 19.9 Å². The van der Waals surface area contributed by atoms with E-state index in [0.29, 0.717) is 5.96 Å². The summed E-state index contributed by atoms with van der Waals surface area (Å²) in [5, 5.41) is 0. The van der Waals surface area contributed by atoms with Crippen LogP contribution in [0.2, 0.25) is 0 Å². The van der Waals surface area contributed by atoms with Gasteiger partial charge in [-0.25, -0.2) is 0 Å². The highest BCUT2D eigenvalue weighted by molar-refractivity contribution is 7.12. The van der Waals surface area contributed by atoms with Crippen LogP contribution in [0.15, 0.2) is 41.4 Å². The number of aliphatic imine (C=N–C) groups is 1. The van der Waals surface area contributed by atoms with Gasteiger partial charge in [-0.3, -0.25) is 4.99 Å². The Morgan fingerprint density at radius 2 is 2.11 bits per heavy atom. The van der Waals surface area contributed by atoms with Crippen LogP contribution in [0.3, 0.4) is 0 Å². The first kappa shape index (κ1) is 12.2. The van der Waals surface area contributed by atoms with E-state index in [1.165, 1.54) is 15.3 Å². The Labute approximate surface area is 117 Å². The summed E-state index contributed by atoms with van der Waals surface area (Å²) in [7, 11) is 0. The minimum Gasteiger partial charge on any atom is -0.369 e. The molecule has 98 valence electrons. The first-order valence-corrected chi connectivity index (χ1v) is 7.19. The lowest BCUT2D eigenvalue weighted by molar-refractivity contribution is 0.784. The third-order valence-corrected chi connectivity index (χ3v) is 4.46. The van der Waals surface area contributed by atoms with E-state index in [0.717, 1.165) is 12.2 Å². The molecule has 2 heterocycles. The Hall–Kier alpha value is -1.81. The van der Waals surface area contributed by atoms with Crippen LogP contribution >= 0.6 is 11.3 Å². The zero-order chi connectivity index (χ0) is 13.4. The van der Waals surface area contributed by atoms with Crippen LogP contribution in [-0.4, -0.2) is 12.5 Å². The summed E-state index contributed by atoms with van der Waals surface area (Å²) in [6.07, 6.45) is 0. The fraction of sp³-hybridized carbons (Fsp3) is 0.267. The molecule has 0 spiro atoms. The summed E-state index contributed by atoms with van der Waals surface area (Å²) >= 11 is 1.82. The second kappa shape index (κ2) is 4.70. The number of rotatable bonds is 2. The van der Waals surface area contributed by atoms with Gasteiger partial charge in [-0.1, -0.05) is 12.1 Å². The molecule has 1 atom stereocenters. The van der Waals surface area contributed by atoms with E-state index >= 15 is 0 Å². The maximum absolute atomic E-state index is 6.08. The van der Waals surface area contributed by atoms with E-state index in [9.17, 15) is 0 Å². The number of aryl methyl sites for hydroxylation is 2. The van der Waals surface area contributed by atoms with Crippen molar-refractivity contribution in [2.24, 2.45) is 10.7 Å². The lowest BCUT2D eigenvalue weighted by Crippen LogP contribution is -2.35. The molecule has 0 bridgehead atoms. The van der Waals surface area contributed by atoms with Crippen LogP contribution in [0.1, 0.15) is 21.4 Å². The summed E-state index contributed by atoms with van der Waals surface area (Å²) < 4.78 is 0. The Balaban J connectivity index is 1.99. The average Bonchev–Trinajstić information content (AvgIpc) is 2.95. The van der Waals surface area contributed by atoms with Gasteiger partial charge in [0.2, 0.25) is 0 Å². The molecule has 0 saturated heterocycles. The quantitative estimate of drug-likeness (QED) is 0.911. The first-order valence-electron chi connectivity index (χ1n) is 6.37. The number of hydrogen-bond donors (Lipinski definition) is 1. The van der Waals surface area contributed by atoms with Gasteiger partial charge in [-0.15, -0.1) is 11.3 Å². The van der Waals surface area contributed by atoms with Crippen LogP contribution in [0.25, 0.3) is 0 Å². The number of nitrogens with two attached hydrogens (primary N) is 1. The van der Waals surface area contributed by atoms with Crippen LogP contribution in [0, 0.1) is 13.8 Å². The predicted octanol–water partition coefficient (Wildman–Crippen LogP) is 3.24. The summed E-state index contributed by atoms with van der Waals surface area (Å²) in [5.74, 6) is 0.613. The fourth-order valence-corrected chi connectivity index (χ4v) is 3.40. The third kappa shape index (κ3) is 2.24. The normalized spacial score (nSPS) is 18.7. The molecule has 19 heavy (non-hydrogen) atoms. The highest BCUT2D eigenvalue weighted by Gasteiger charge is 2.29. The van der Waals surface area contributed by atoms with Gasteiger partial charge >= 0.3 is 0 Å². The molecule has 1 aliphatic heterocycles. The average molecular weight is 271 g/mol. The van der Waals surface area contributed by atoms with Crippen LogP contribution in [0.5, 0.6) is 0 Å². The van der Waals surface area contributed by atoms with E-state index in [1.807, 2.05) is 11.3 Å². The number of benzene rings is 1. The first-order chi connectivity index (χ1) is 9.15.